The first-order valence-corrected chi connectivity index (χ1v) is 8.42. The van der Waals surface area contributed by atoms with E-state index in [-0.39, 0.29) is 5.91 Å². The predicted octanol–water partition coefficient (Wildman–Crippen LogP) is 4.12. The van der Waals surface area contributed by atoms with Gasteiger partial charge in [0.15, 0.2) is 6.10 Å². The number of rotatable bonds is 4. The summed E-state index contributed by atoms with van der Waals surface area (Å²) in [6, 6.07) is 12.5. The van der Waals surface area contributed by atoms with Gasteiger partial charge in [0, 0.05) is 23.2 Å². The lowest BCUT2D eigenvalue weighted by atomic mass is 10.1. The summed E-state index contributed by atoms with van der Waals surface area (Å²) in [5, 5.41) is 3.70. The SMILES string of the molecule is Cc1cc(C)cc(NC(=O)[C@@H](C)Oc2ccc3c(C)cc(=O)oc3c2)c1. The summed E-state index contributed by atoms with van der Waals surface area (Å²) in [5.41, 5.74) is 3.76. The van der Waals surface area contributed by atoms with Crippen LogP contribution in [-0.2, 0) is 4.79 Å². The summed E-state index contributed by atoms with van der Waals surface area (Å²) >= 11 is 0. The van der Waals surface area contributed by atoms with E-state index in [0.29, 0.717) is 11.3 Å². The summed E-state index contributed by atoms with van der Waals surface area (Å²) in [4.78, 5) is 23.9. The lowest BCUT2D eigenvalue weighted by molar-refractivity contribution is -0.122. The molecule has 0 saturated heterocycles. The Morgan fingerprint density at radius 2 is 1.73 bits per heavy atom. The maximum atomic E-state index is 12.4. The third-order valence-electron chi connectivity index (χ3n) is 4.09. The van der Waals surface area contributed by atoms with Gasteiger partial charge in [-0.3, -0.25) is 4.79 Å². The quantitative estimate of drug-likeness (QED) is 0.718. The number of hydrogen-bond acceptors (Lipinski definition) is 4. The summed E-state index contributed by atoms with van der Waals surface area (Å²) in [6.45, 7) is 7.48. The number of anilines is 1. The van der Waals surface area contributed by atoms with Crippen molar-refractivity contribution in [3.63, 3.8) is 0 Å². The zero-order valence-electron chi connectivity index (χ0n) is 15.3. The normalized spacial score (nSPS) is 12.0. The number of benzene rings is 2. The molecule has 3 rings (SSSR count). The Kier molecular flexibility index (Phi) is 4.80. The number of carbonyl (C=O) groups excluding carboxylic acids is 1. The Balaban J connectivity index is 1.76. The van der Waals surface area contributed by atoms with Gasteiger partial charge in [-0.15, -0.1) is 0 Å². The molecule has 2 aromatic carbocycles. The second kappa shape index (κ2) is 7.04. The Labute approximate surface area is 151 Å². The smallest absolute Gasteiger partial charge is 0.336 e. The molecule has 0 radical (unpaired) electrons. The Morgan fingerprint density at radius 3 is 2.42 bits per heavy atom. The first-order chi connectivity index (χ1) is 12.3. The Bertz CT molecular complexity index is 1020. The topological polar surface area (TPSA) is 68.5 Å². The van der Waals surface area contributed by atoms with E-state index in [1.165, 1.54) is 6.07 Å². The van der Waals surface area contributed by atoms with Crippen LogP contribution in [0.5, 0.6) is 5.75 Å². The summed E-state index contributed by atoms with van der Waals surface area (Å²) < 4.78 is 10.9. The first kappa shape index (κ1) is 17.7. The molecule has 0 aliphatic carbocycles. The number of amides is 1. The van der Waals surface area contributed by atoms with Gasteiger partial charge in [0.25, 0.3) is 5.91 Å². The molecule has 26 heavy (non-hydrogen) atoms. The van der Waals surface area contributed by atoms with E-state index in [4.69, 9.17) is 9.15 Å². The average molecular weight is 351 g/mol. The molecule has 134 valence electrons. The second-order valence-electron chi connectivity index (χ2n) is 6.53. The van der Waals surface area contributed by atoms with Gasteiger partial charge < -0.3 is 14.5 Å². The number of aryl methyl sites for hydroxylation is 3. The van der Waals surface area contributed by atoms with Crippen molar-refractivity contribution in [2.45, 2.75) is 33.8 Å². The highest BCUT2D eigenvalue weighted by Crippen LogP contribution is 2.23. The van der Waals surface area contributed by atoms with Gasteiger partial charge in [0.2, 0.25) is 0 Å². The largest absolute Gasteiger partial charge is 0.481 e. The standard InChI is InChI=1S/C21H21NO4/c1-12-7-13(2)9-16(8-12)22-21(24)15(4)25-17-5-6-18-14(3)10-20(23)26-19(18)11-17/h5-11,15H,1-4H3,(H,22,24)/t15-/m1/s1. The molecule has 0 bridgehead atoms. The number of ether oxygens (including phenoxy) is 1. The van der Waals surface area contributed by atoms with Gasteiger partial charge in [-0.1, -0.05) is 6.07 Å². The van der Waals surface area contributed by atoms with E-state index in [9.17, 15) is 9.59 Å². The fourth-order valence-electron chi connectivity index (χ4n) is 2.93. The van der Waals surface area contributed by atoms with Crippen LogP contribution in [-0.4, -0.2) is 12.0 Å². The number of hydrogen-bond donors (Lipinski definition) is 1. The number of carbonyl (C=O) groups is 1. The molecule has 3 aromatic rings. The minimum atomic E-state index is -0.704. The van der Waals surface area contributed by atoms with Gasteiger partial charge in [0.05, 0.1) is 0 Å². The van der Waals surface area contributed by atoms with Gasteiger partial charge in [0.1, 0.15) is 11.3 Å². The molecule has 0 spiro atoms. The van der Waals surface area contributed by atoms with E-state index in [1.807, 2.05) is 45.0 Å². The van der Waals surface area contributed by atoms with Crippen LogP contribution >= 0.6 is 0 Å². The van der Waals surface area contributed by atoms with Crippen molar-refractivity contribution in [3.05, 3.63) is 69.6 Å². The number of fused-ring (bicyclic) bond motifs is 1. The van der Waals surface area contributed by atoms with Crippen LogP contribution in [0.15, 0.2) is 51.7 Å². The highest BCUT2D eigenvalue weighted by atomic mass is 16.5. The van der Waals surface area contributed by atoms with Crippen molar-refractivity contribution in [1.29, 1.82) is 0 Å². The van der Waals surface area contributed by atoms with Crippen molar-refractivity contribution in [2.75, 3.05) is 5.32 Å². The van der Waals surface area contributed by atoms with Gasteiger partial charge in [-0.05, 0) is 68.7 Å². The monoisotopic (exact) mass is 351 g/mol. The molecular weight excluding hydrogens is 330 g/mol. The molecule has 5 heteroatoms. The van der Waals surface area contributed by atoms with Crippen LogP contribution in [0, 0.1) is 20.8 Å². The Morgan fingerprint density at radius 1 is 1.04 bits per heavy atom. The third kappa shape index (κ3) is 3.94. The van der Waals surface area contributed by atoms with Gasteiger partial charge >= 0.3 is 5.63 Å². The average Bonchev–Trinajstić information content (AvgIpc) is 2.53. The second-order valence-corrected chi connectivity index (χ2v) is 6.53. The third-order valence-corrected chi connectivity index (χ3v) is 4.09. The van der Waals surface area contributed by atoms with Crippen LogP contribution in [0.1, 0.15) is 23.6 Å². The minimum absolute atomic E-state index is 0.249. The lowest BCUT2D eigenvalue weighted by Gasteiger charge is -2.15. The highest BCUT2D eigenvalue weighted by Gasteiger charge is 2.16. The van der Waals surface area contributed by atoms with Crippen molar-refractivity contribution < 1.29 is 13.9 Å². The van der Waals surface area contributed by atoms with Crippen LogP contribution in [0.4, 0.5) is 5.69 Å². The van der Waals surface area contributed by atoms with Crippen molar-refractivity contribution >= 4 is 22.6 Å². The molecule has 1 atom stereocenters. The molecule has 0 aliphatic heterocycles. The Hall–Kier alpha value is -3.08. The van der Waals surface area contributed by atoms with Crippen molar-refractivity contribution in [2.24, 2.45) is 0 Å². The maximum Gasteiger partial charge on any atom is 0.336 e. The molecule has 1 N–H and O–H groups in total. The van der Waals surface area contributed by atoms with Gasteiger partial charge in [-0.25, -0.2) is 4.79 Å². The zero-order valence-corrected chi connectivity index (χ0v) is 15.3. The molecule has 0 fully saturated rings. The first-order valence-electron chi connectivity index (χ1n) is 8.42. The maximum absolute atomic E-state index is 12.4. The molecule has 0 aliphatic rings. The molecule has 0 unspecified atom stereocenters. The van der Waals surface area contributed by atoms with E-state index in [0.717, 1.165) is 27.8 Å². The molecule has 1 heterocycles. The summed E-state index contributed by atoms with van der Waals surface area (Å²) in [5.74, 6) is 0.218. The van der Waals surface area contributed by atoms with Gasteiger partial charge in [-0.2, -0.15) is 0 Å². The fraction of sp³-hybridized carbons (Fsp3) is 0.238. The van der Waals surface area contributed by atoms with Crippen LogP contribution < -0.4 is 15.7 Å². The highest BCUT2D eigenvalue weighted by molar-refractivity contribution is 5.94. The van der Waals surface area contributed by atoms with Crippen LogP contribution in [0.2, 0.25) is 0 Å². The fourth-order valence-corrected chi connectivity index (χ4v) is 2.93. The van der Waals surface area contributed by atoms with Crippen LogP contribution in [0.3, 0.4) is 0 Å². The van der Waals surface area contributed by atoms with E-state index in [1.54, 1.807) is 19.1 Å². The van der Waals surface area contributed by atoms with E-state index < -0.39 is 11.7 Å². The predicted molar refractivity (Wildman–Crippen MR) is 102 cm³/mol. The summed E-state index contributed by atoms with van der Waals surface area (Å²) in [7, 11) is 0. The van der Waals surface area contributed by atoms with E-state index in [2.05, 4.69) is 5.32 Å². The molecule has 0 saturated carbocycles. The van der Waals surface area contributed by atoms with Crippen molar-refractivity contribution in [3.8, 4) is 5.75 Å². The van der Waals surface area contributed by atoms with E-state index >= 15 is 0 Å². The zero-order chi connectivity index (χ0) is 18.8. The minimum Gasteiger partial charge on any atom is -0.481 e. The molecule has 1 aromatic heterocycles. The lowest BCUT2D eigenvalue weighted by Crippen LogP contribution is -2.30. The molecule has 1 amide bonds. The number of nitrogens with one attached hydrogen (secondary N) is 1. The summed E-state index contributed by atoms with van der Waals surface area (Å²) in [6.07, 6.45) is -0.704. The van der Waals surface area contributed by atoms with Crippen molar-refractivity contribution in [1.82, 2.24) is 0 Å². The molecular formula is C21H21NO4. The van der Waals surface area contributed by atoms with Crippen LogP contribution in [0.25, 0.3) is 11.0 Å². The molecule has 5 nitrogen and oxygen atoms in total.